The third-order valence-electron chi connectivity index (χ3n) is 4.10. The van der Waals surface area contributed by atoms with Crippen molar-refractivity contribution in [3.8, 4) is 11.5 Å². The lowest BCUT2D eigenvalue weighted by Crippen LogP contribution is -2.30. The van der Waals surface area contributed by atoms with Crippen LogP contribution in [0, 0.1) is 6.92 Å². The highest BCUT2D eigenvalue weighted by Gasteiger charge is 2.33. The zero-order valence-corrected chi connectivity index (χ0v) is 13.7. The van der Waals surface area contributed by atoms with Crippen molar-refractivity contribution in [3.63, 3.8) is 0 Å². The number of hydrogen-bond acceptors (Lipinski definition) is 4. The molecule has 0 radical (unpaired) electrons. The van der Waals surface area contributed by atoms with E-state index in [9.17, 15) is 15.0 Å². The number of hydrogen-bond donors (Lipinski definition) is 2. The Morgan fingerprint density at radius 2 is 1.96 bits per heavy atom. The van der Waals surface area contributed by atoms with Crippen molar-refractivity contribution >= 4 is 17.7 Å². The summed E-state index contributed by atoms with van der Waals surface area (Å²) in [7, 11) is 0. The molecule has 120 valence electrons. The van der Waals surface area contributed by atoms with Gasteiger partial charge in [0.25, 0.3) is 0 Å². The van der Waals surface area contributed by atoms with Crippen LogP contribution in [0.5, 0.6) is 11.5 Å². The molecule has 0 aromatic heterocycles. The Balaban J connectivity index is 1.75. The molecule has 1 saturated heterocycles. The van der Waals surface area contributed by atoms with E-state index >= 15 is 0 Å². The molecular formula is C18H19NO3S. The Kier molecular flexibility index (Phi) is 4.48. The molecule has 3 rings (SSSR count). The van der Waals surface area contributed by atoms with Crippen molar-refractivity contribution in [2.75, 3.05) is 12.3 Å². The Bertz CT molecular complexity index is 732. The molecule has 0 saturated carbocycles. The van der Waals surface area contributed by atoms with Crippen LogP contribution >= 0.6 is 11.8 Å². The number of carbonyl (C=O) groups excluding carboxylic acids is 1. The number of phenols is 2. The zero-order valence-electron chi connectivity index (χ0n) is 12.9. The second-order valence-corrected chi connectivity index (χ2v) is 6.75. The molecule has 0 spiro atoms. The first-order chi connectivity index (χ1) is 11.1. The minimum absolute atomic E-state index is 0.0504. The Morgan fingerprint density at radius 3 is 2.70 bits per heavy atom. The topological polar surface area (TPSA) is 60.8 Å². The van der Waals surface area contributed by atoms with Gasteiger partial charge in [0.15, 0.2) is 11.5 Å². The molecule has 1 unspecified atom stereocenters. The van der Waals surface area contributed by atoms with E-state index in [2.05, 4.69) is 19.1 Å². The van der Waals surface area contributed by atoms with Gasteiger partial charge in [0.1, 0.15) is 5.37 Å². The highest BCUT2D eigenvalue weighted by atomic mass is 32.2. The van der Waals surface area contributed by atoms with Gasteiger partial charge in [-0.3, -0.25) is 4.79 Å². The minimum atomic E-state index is -0.126. The summed E-state index contributed by atoms with van der Waals surface area (Å²) in [6, 6.07) is 12.9. The second kappa shape index (κ2) is 6.54. The van der Waals surface area contributed by atoms with Gasteiger partial charge < -0.3 is 15.1 Å². The van der Waals surface area contributed by atoms with Crippen molar-refractivity contribution in [3.05, 3.63) is 59.2 Å². The van der Waals surface area contributed by atoms with E-state index < -0.39 is 0 Å². The van der Waals surface area contributed by atoms with Crippen LogP contribution in [-0.4, -0.2) is 33.3 Å². The van der Waals surface area contributed by atoms with E-state index in [0.29, 0.717) is 18.7 Å². The third-order valence-corrected chi connectivity index (χ3v) is 5.34. The Hall–Kier alpha value is -2.14. The van der Waals surface area contributed by atoms with Crippen LogP contribution in [0.25, 0.3) is 0 Å². The number of aryl methyl sites for hydroxylation is 1. The fourth-order valence-electron chi connectivity index (χ4n) is 2.79. The number of phenolic OH excluding ortho intramolecular Hbond substituents is 2. The number of benzene rings is 2. The molecule has 0 aliphatic carbocycles. The maximum Gasteiger partial charge on any atom is 0.233 e. The molecular weight excluding hydrogens is 310 g/mol. The third kappa shape index (κ3) is 3.29. The van der Waals surface area contributed by atoms with E-state index in [-0.39, 0.29) is 22.8 Å². The van der Waals surface area contributed by atoms with Crippen molar-refractivity contribution in [1.82, 2.24) is 4.90 Å². The van der Waals surface area contributed by atoms with Crippen molar-refractivity contribution in [1.29, 1.82) is 0 Å². The average molecular weight is 329 g/mol. The maximum atomic E-state index is 12.2. The number of amides is 1. The molecule has 4 nitrogen and oxygen atoms in total. The van der Waals surface area contributed by atoms with Crippen LogP contribution in [0.1, 0.15) is 22.1 Å². The van der Waals surface area contributed by atoms with Crippen molar-refractivity contribution < 1.29 is 15.0 Å². The lowest BCUT2D eigenvalue weighted by Gasteiger charge is -2.25. The number of nitrogens with zero attached hydrogens (tertiary/aromatic N) is 1. The van der Waals surface area contributed by atoms with Crippen LogP contribution in [0.2, 0.25) is 0 Å². The molecule has 1 aliphatic heterocycles. The largest absolute Gasteiger partial charge is 0.504 e. The van der Waals surface area contributed by atoms with E-state index in [1.54, 1.807) is 23.9 Å². The van der Waals surface area contributed by atoms with E-state index in [4.69, 9.17) is 0 Å². The van der Waals surface area contributed by atoms with Gasteiger partial charge in [-0.2, -0.15) is 0 Å². The predicted octanol–water partition coefficient (Wildman–Crippen LogP) is 3.22. The van der Waals surface area contributed by atoms with Crippen LogP contribution in [0.3, 0.4) is 0 Å². The monoisotopic (exact) mass is 329 g/mol. The first-order valence-corrected chi connectivity index (χ1v) is 8.58. The van der Waals surface area contributed by atoms with Crippen LogP contribution < -0.4 is 0 Å². The number of rotatable bonds is 4. The first-order valence-electron chi connectivity index (χ1n) is 7.53. The average Bonchev–Trinajstić information content (AvgIpc) is 2.90. The molecule has 1 atom stereocenters. The molecule has 0 bridgehead atoms. The molecule has 1 amide bonds. The van der Waals surface area contributed by atoms with Crippen molar-refractivity contribution in [2.24, 2.45) is 0 Å². The molecule has 2 aromatic rings. The van der Waals surface area contributed by atoms with Gasteiger partial charge in [-0.15, -0.1) is 11.8 Å². The molecule has 2 N–H and O–H groups in total. The summed E-state index contributed by atoms with van der Waals surface area (Å²) in [4.78, 5) is 14.1. The summed E-state index contributed by atoms with van der Waals surface area (Å²) in [6.07, 6.45) is 0.641. The maximum absolute atomic E-state index is 12.2. The number of thioether (sulfide) groups is 1. The highest BCUT2D eigenvalue weighted by molar-refractivity contribution is 8.00. The standard InChI is InChI=1S/C18H19NO3S/c1-12-4-2-3-5-14(12)18-19(17(22)11-23-18)9-8-13-6-7-15(20)16(21)10-13/h2-7,10,18,20-21H,8-9,11H2,1H3. The number of aromatic hydroxyl groups is 2. The van der Waals surface area contributed by atoms with Gasteiger partial charge in [-0.1, -0.05) is 30.3 Å². The smallest absolute Gasteiger partial charge is 0.233 e. The van der Waals surface area contributed by atoms with Gasteiger partial charge in [0, 0.05) is 6.54 Å². The van der Waals surface area contributed by atoms with Crippen LogP contribution in [0.4, 0.5) is 0 Å². The fraction of sp³-hybridized carbons (Fsp3) is 0.278. The quantitative estimate of drug-likeness (QED) is 0.846. The Labute approximate surface area is 139 Å². The molecule has 5 heteroatoms. The molecule has 2 aromatic carbocycles. The summed E-state index contributed by atoms with van der Waals surface area (Å²) in [5, 5.41) is 19.0. The summed E-state index contributed by atoms with van der Waals surface area (Å²) < 4.78 is 0. The van der Waals surface area contributed by atoms with Gasteiger partial charge in [-0.25, -0.2) is 0 Å². The molecule has 1 heterocycles. The minimum Gasteiger partial charge on any atom is -0.504 e. The normalized spacial score (nSPS) is 17.7. The first kappa shape index (κ1) is 15.7. The summed E-state index contributed by atoms with van der Waals surface area (Å²) in [5.74, 6) is 0.394. The predicted molar refractivity (Wildman–Crippen MR) is 91.6 cm³/mol. The summed E-state index contributed by atoms with van der Waals surface area (Å²) >= 11 is 1.65. The lowest BCUT2D eigenvalue weighted by atomic mass is 10.1. The van der Waals surface area contributed by atoms with E-state index in [1.807, 2.05) is 17.0 Å². The van der Waals surface area contributed by atoms with Crippen LogP contribution in [-0.2, 0) is 11.2 Å². The highest BCUT2D eigenvalue weighted by Crippen LogP contribution is 2.39. The van der Waals surface area contributed by atoms with Gasteiger partial charge >= 0.3 is 0 Å². The van der Waals surface area contributed by atoms with E-state index in [1.165, 1.54) is 17.2 Å². The molecule has 23 heavy (non-hydrogen) atoms. The molecule has 1 aliphatic rings. The van der Waals surface area contributed by atoms with E-state index in [0.717, 1.165) is 5.56 Å². The molecule has 1 fully saturated rings. The fourth-order valence-corrected chi connectivity index (χ4v) is 4.10. The number of carbonyl (C=O) groups is 1. The van der Waals surface area contributed by atoms with Gasteiger partial charge in [0.05, 0.1) is 5.75 Å². The second-order valence-electron chi connectivity index (χ2n) is 5.68. The SMILES string of the molecule is Cc1ccccc1C1SCC(=O)N1CCc1ccc(O)c(O)c1. The summed E-state index contributed by atoms with van der Waals surface area (Å²) in [6.45, 7) is 2.66. The zero-order chi connectivity index (χ0) is 16.4. The lowest BCUT2D eigenvalue weighted by molar-refractivity contribution is -0.128. The summed E-state index contributed by atoms with van der Waals surface area (Å²) in [5.41, 5.74) is 3.26. The van der Waals surface area contributed by atoms with Gasteiger partial charge in [-0.05, 0) is 42.2 Å². The van der Waals surface area contributed by atoms with Crippen molar-refractivity contribution in [2.45, 2.75) is 18.7 Å². The van der Waals surface area contributed by atoms with Crippen LogP contribution in [0.15, 0.2) is 42.5 Å². The van der Waals surface area contributed by atoms with Gasteiger partial charge in [0.2, 0.25) is 5.91 Å². The Morgan fingerprint density at radius 1 is 1.17 bits per heavy atom.